The number of hydrogen-bond acceptors (Lipinski definition) is 3. The van der Waals surface area contributed by atoms with Crippen LogP contribution in [0.2, 0.25) is 0 Å². The summed E-state index contributed by atoms with van der Waals surface area (Å²) in [5, 5.41) is 1.02. The number of nitrogens with one attached hydrogen (secondary N) is 1. The lowest BCUT2D eigenvalue weighted by Crippen LogP contribution is -2.37. The van der Waals surface area contributed by atoms with Crippen molar-refractivity contribution in [3.05, 3.63) is 17.0 Å². The minimum Gasteiger partial charge on any atom is -0.207 e. The third-order valence-electron chi connectivity index (χ3n) is 3.37. The van der Waals surface area contributed by atoms with E-state index in [1.807, 2.05) is 13.0 Å². The molecule has 1 aliphatic rings. The maximum atomic E-state index is 12.2. The van der Waals surface area contributed by atoms with Crippen molar-refractivity contribution in [1.82, 2.24) is 4.72 Å². The van der Waals surface area contributed by atoms with Crippen molar-refractivity contribution < 1.29 is 8.42 Å². The number of sulfonamides is 1. The summed E-state index contributed by atoms with van der Waals surface area (Å²) in [5.41, 5.74) is 0. The van der Waals surface area contributed by atoms with Crippen LogP contribution >= 0.6 is 27.3 Å². The van der Waals surface area contributed by atoms with Crippen LogP contribution in [0.4, 0.5) is 0 Å². The summed E-state index contributed by atoms with van der Waals surface area (Å²) in [6, 6.07) is 3.64. The van der Waals surface area contributed by atoms with Crippen molar-refractivity contribution in [2.75, 3.05) is 5.33 Å². The lowest BCUT2D eigenvalue weighted by molar-refractivity contribution is 0.337. The zero-order valence-electron chi connectivity index (χ0n) is 10.4. The predicted octanol–water partition coefficient (Wildman–Crippen LogP) is 3.29. The average Bonchev–Trinajstić information content (AvgIpc) is 2.77. The Morgan fingerprint density at radius 2 is 2.00 bits per heavy atom. The molecule has 102 valence electrons. The molecule has 1 aliphatic carbocycles. The lowest BCUT2D eigenvalue weighted by Gasteiger charge is -2.27. The molecule has 1 N–H and O–H groups in total. The zero-order chi connectivity index (χ0) is 13.2. The van der Waals surface area contributed by atoms with Gasteiger partial charge in [-0.2, -0.15) is 0 Å². The highest BCUT2D eigenvalue weighted by atomic mass is 79.9. The largest absolute Gasteiger partial charge is 0.250 e. The quantitative estimate of drug-likeness (QED) is 0.846. The molecule has 0 bridgehead atoms. The van der Waals surface area contributed by atoms with Crippen molar-refractivity contribution in [2.24, 2.45) is 5.92 Å². The van der Waals surface area contributed by atoms with Gasteiger partial charge < -0.3 is 0 Å². The number of aryl methyl sites for hydroxylation is 1. The molecule has 6 heteroatoms. The molecule has 1 fully saturated rings. The van der Waals surface area contributed by atoms with Gasteiger partial charge in [-0.25, -0.2) is 13.1 Å². The monoisotopic (exact) mass is 351 g/mol. The van der Waals surface area contributed by atoms with Gasteiger partial charge in [-0.05, 0) is 50.7 Å². The summed E-state index contributed by atoms with van der Waals surface area (Å²) in [7, 11) is -3.31. The van der Waals surface area contributed by atoms with E-state index in [1.165, 1.54) is 11.3 Å². The second-order valence-corrected chi connectivity index (χ2v) is 8.73. The summed E-state index contributed by atoms with van der Waals surface area (Å²) in [5.74, 6) is 0.703. The van der Waals surface area contributed by atoms with Gasteiger partial charge in [-0.15, -0.1) is 11.3 Å². The summed E-state index contributed by atoms with van der Waals surface area (Å²) >= 11 is 4.83. The minimum absolute atomic E-state index is 0.104. The number of halogens is 1. The number of rotatable bonds is 4. The van der Waals surface area contributed by atoms with E-state index in [1.54, 1.807) is 6.07 Å². The highest BCUT2D eigenvalue weighted by Crippen LogP contribution is 2.27. The Labute approximate surface area is 121 Å². The molecule has 0 aromatic carbocycles. The predicted molar refractivity (Wildman–Crippen MR) is 78.9 cm³/mol. The van der Waals surface area contributed by atoms with Crippen LogP contribution in [0.15, 0.2) is 16.3 Å². The van der Waals surface area contributed by atoms with E-state index in [9.17, 15) is 8.42 Å². The van der Waals surface area contributed by atoms with E-state index in [2.05, 4.69) is 20.7 Å². The van der Waals surface area contributed by atoms with E-state index in [-0.39, 0.29) is 6.04 Å². The van der Waals surface area contributed by atoms with Gasteiger partial charge in [0, 0.05) is 16.2 Å². The fraction of sp³-hybridized carbons (Fsp3) is 0.667. The molecule has 0 amide bonds. The number of hydrogen-bond donors (Lipinski definition) is 1. The van der Waals surface area contributed by atoms with E-state index in [0.717, 1.165) is 35.9 Å². The first-order chi connectivity index (χ1) is 8.51. The van der Waals surface area contributed by atoms with Crippen LogP contribution in [0.5, 0.6) is 0 Å². The third kappa shape index (κ3) is 3.56. The van der Waals surface area contributed by atoms with Crippen LogP contribution in [0.25, 0.3) is 0 Å². The maximum Gasteiger partial charge on any atom is 0.250 e. The molecule has 18 heavy (non-hydrogen) atoms. The smallest absolute Gasteiger partial charge is 0.207 e. The van der Waals surface area contributed by atoms with Gasteiger partial charge in [0.1, 0.15) is 4.21 Å². The van der Waals surface area contributed by atoms with Crippen molar-refractivity contribution in [3.8, 4) is 0 Å². The molecule has 1 aromatic heterocycles. The minimum atomic E-state index is -3.31. The summed E-state index contributed by atoms with van der Waals surface area (Å²) in [6.45, 7) is 1.92. The van der Waals surface area contributed by atoms with E-state index < -0.39 is 10.0 Å². The SMILES string of the molecule is Cc1ccc(S(=O)(=O)NC2CCC(CBr)CC2)s1. The van der Waals surface area contributed by atoms with Crippen LogP contribution in [0.3, 0.4) is 0 Å². The first-order valence-electron chi connectivity index (χ1n) is 6.16. The van der Waals surface area contributed by atoms with Crippen molar-refractivity contribution in [2.45, 2.75) is 42.9 Å². The second-order valence-electron chi connectivity index (χ2n) is 4.86. The molecule has 1 heterocycles. The van der Waals surface area contributed by atoms with E-state index >= 15 is 0 Å². The highest BCUT2D eigenvalue weighted by molar-refractivity contribution is 9.09. The van der Waals surface area contributed by atoms with Crippen LogP contribution in [-0.2, 0) is 10.0 Å². The molecule has 0 unspecified atom stereocenters. The Bertz CT molecular complexity index is 490. The second kappa shape index (κ2) is 6.03. The molecule has 0 aliphatic heterocycles. The summed E-state index contributed by atoms with van der Waals surface area (Å²) < 4.78 is 27.6. The van der Waals surface area contributed by atoms with Crippen LogP contribution in [0, 0.1) is 12.8 Å². The summed E-state index contributed by atoms with van der Waals surface area (Å²) in [6.07, 6.45) is 4.09. The summed E-state index contributed by atoms with van der Waals surface area (Å²) in [4.78, 5) is 1.03. The van der Waals surface area contributed by atoms with Gasteiger partial charge in [-0.3, -0.25) is 0 Å². The fourth-order valence-electron chi connectivity index (χ4n) is 2.27. The average molecular weight is 352 g/mol. The Hall–Kier alpha value is 0.0900. The van der Waals surface area contributed by atoms with Gasteiger partial charge in [-0.1, -0.05) is 15.9 Å². The Morgan fingerprint density at radius 3 is 2.50 bits per heavy atom. The van der Waals surface area contributed by atoms with Gasteiger partial charge in [0.15, 0.2) is 0 Å². The Kier molecular flexibility index (Phi) is 4.86. The standard InChI is InChI=1S/C12H18BrNO2S2/c1-9-2-7-12(17-9)18(15,16)14-11-5-3-10(8-13)4-6-11/h2,7,10-11,14H,3-6,8H2,1H3. The molecule has 0 radical (unpaired) electrons. The molecule has 1 aromatic rings. The van der Waals surface area contributed by atoms with Crippen LogP contribution < -0.4 is 4.72 Å². The lowest BCUT2D eigenvalue weighted by atomic mass is 9.88. The van der Waals surface area contributed by atoms with Crippen molar-refractivity contribution in [3.63, 3.8) is 0 Å². The number of alkyl halides is 1. The van der Waals surface area contributed by atoms with Crippen molar-refractivity contribution in [1.29, 1.82) is 0 Å². The van der Waals surface area contributed by atoms with Gasteiger partial charge >= 0.3 is 0 Å². The van der Waals surface area contributed by atoms with Crippen molar-refractivity contribution >= 4 is 37.3 Å². The topological polar surface area (TPSA) is 46.2 Å². The molecule has 3 nitrogen and oxygen atoms in total. The van der Waals surface area contributed by atoms with Gasteiger partial charge in [0.25, 0.3) is 0 Å². The normalized spacial score (nSPS) is 25.2. The number of thiophene rings is 1. The Morgan fingerprint density at radius 1 is 1.33 bits per heavy atom. The highest BCUT2D eigenvalue weighted by Gasteiger charge is 2.25. The van der Waals surface area contributed by atoms with E-state index in [4.69, 9.17) is 0 Å². The van der Waals surface area contributed by atoms with Crippen LogP contribution in [-0.4, -0.2) is 19.8 Å². The maximum absolute atomic E-state index is 12.2. The molecule has 2 rings (SSSR count). The zero-order valence-corrected chi connectivity index (χ0v) is 13.6. The molecule has 1 saturated carbocycles. The van der Waals surface area contributed by atoms with Crippen LogP contribution in [0.1, 0.15) is 30.6 Å². The molecule has 0 atom stereocenters. The fourth-order valence-corrected chi connectivity index (χ4v) is 5.52. The molecule has 0 spiro atoms. The molecule has 0 saturated heterocycles. The first kappa shape index (κ1) is 14.5. The van der Waals surface area contributed by atoms with Gasteiger partial charge in [0.2, 0.25) is 10.0 Å². The molecular weight excluding hydrogens is 334 g/mol. The van der Waals surface area contributed by atoms with E-state index in [0.29, 0.717) is 10.1 Å². The first-order valence-corrected chi connectivity index (χ1v) is 9.58. The Balaban J connectivity index is 1.97. The van der Waals surface area contributed by atoms with Gasteiger partial charge in [0.05, 0.1) is 0 Å². The molecular formula is C12H18BrNO2S2. The third-order valence-corrected chi connectivity index (χ3v) is 7.30.